The van der Waals surface area contributed by atoms with E-state index >= 15 is 0 Å². The molecule has 0 bridgehead atoms. The van der Waals surface area contributed by atoms with Gasteiger partial charge in [-0.1, -0.05) is 61.9 Å². The van der Waals surface area contributed by atoms with Gasteiger partial charge in [-0.2, -0.15) is 15.2 Å². The van der Waals surface area contributed by atoms with Crippen molar-refractivity contribution in [2.45, 2.75) is 39.8 Å². The number of hydrogen-bond acceptors (Lipinski definition) is 7. The van der Waals surface area contributed by atoms with Crippen molar-refractivity contribution in [3.05, 3.63) is 71.3 Å². The van der Waals surface area contributed by atoms with Gasteiger partial charge in [0.2, 0.25) is 17.7 Å². The number of nitriles is 1. The van der Waals surface area contributed by atoms with Crippen LogP contribution in [0.5, 0.6) is 5.88 Å². The number of rotatable bonds is 10. The zero-order valence-corrected chi connectivity index (χ0v) is 19.0. The van der Waals surface area contributed by atoms with E-state index in [4.69, 9.17) is 10.5 Å². The number of nitrogens with one attached hydrogen (secondary N) is 2. The molecule has 4 N–H and O–H groups in total. The first-order valence-corrected chi connectivity index (χ1v) is 10.7. The van der Waals surface area contributed by atoms with E-state index in [9.17, 15) is 10.1 Å². The molecule has 8 heteroatoms. The van der Waals surface area contributed by atoms with Crippen molar-refractivity contribution in [3.63, 3.8) is 0 Å². The smallest absolute Gasteiger partial charge is 0.240 e. The molecular weight excluding hydrogens is 416 g/mol. The van der Waals surface area contributed by atoms with Gasteiger partial charge in [-0.05, 0) is 37.0 Å². The molecule has 0 spiro atoms. The first kappa shape index (κ1) is 23.5. The van der Waals surface area contributed by atoms with Crippen LogP contribution >= 0.6 is 0 Å². The molecule has 0 saturated heterocycles. The van der Waals surface area contributed by atoms with Crippen molar-refractivity contribution in [2.75, 3.05) is 10.6 Å². The summed E-state index contributed by atoms with van der Waals surface area (Å²) in [7, 11) is 0. The van der Waals surface area contributed by atoms with E-state index < -0.39 is 11.9 Å². The monoisotopic (exact) mass is 444 g/mol. The van der Waals surface area contributed by atoms with Gasteiger partial charge in [0, 0.05) is 5.69 Å². The zero-order valence-electron chi connectivity index (χ0n) is 19.0. The Kier molecular flexibility index (Phi) is 7.82. The summed E-state index contributed by atoms with van der Waals surface area (Å²) in [5.41, 5.74) is 8.53. The van der Waals surface area contributed by atoms with Crippen LogP contribution in [0.2, 0.25) is 0 Å². The molecule has 3 rings (SSSR count). The molecule has 0 aliphatic carbocycles. The first-order chi connectivity index (χ1) is 15.9. The van der Waals surface area contributed by atoms with Gasteiger partial charge in [-0.3, -0.25) is 4.79 Å². The second-order valence-corrected chi connectivity index (χ2v) is 8.18. The maximum Gasteiger partial charge on any atom is 0.240 e. The van der Waals surface area contributed by atoms with Crippen LogP contribution < -0.4 is 21.1 Å². The van der Waals surface area contributed by atoms with Crippen molar-refractivity contribution >= 4 is 23.4 Å². The molecule has 1 heterocycles. The third-order valence-corrected chi connectivity index (χ3v) is 4.87. The van der Waals surface area contributed by atoms with Gasteiger partial charge in [0.15, 0.2) is 11.4 Å². The molecule has 0 radical (unpaired) electrons. The van der Waals surface area contributed by atoms with Crippen molar-refractivity contribution in [1.82, 2.24) is 9.97 Å². The van der Waals surface area contributed by atoms with E-state index in [1.165, 1.54) is 0 Å². The molecule has 1 unspecified atom stereocenters. The topological polar surface area (TPSA) is 126 Å². The molecule has 0 saturated carbocycles. The molecule has 0 fully saturated rings. The number of aryl methyl sites for hydroxylation is 1. The minimum absolute atomic E-state index is 0.112. The summed E-state index contributed by atoms with van der Waals surface area (Å²) >= 11 is 0. The van der Waals surface area contributed by atoms with Crippen LogP contribution in [0, 0.1) is 24.2 Å². The second-order valence-electron chi connectivity index (χ2n) is 8.18. The van der Waals surface area contributed by atoms with Crippen LogP contribution in [0.15, 0.2) is 54.6 Å². The highest BCUT2D eigenvalue weighted by molar-refractivity contribution is 5.82. The molecule has 2 aromatic carbocycles. The quantitative estimate of drug-likeness (QED) is 0.426. The average molecular weight is 445 g/mol. The predicted molar refractivity (Wildman–Crippen MR) is 128 cm³/mol. The molecule has 1 aromatic heterocycles. The molecule has 3 aromatic rings. The maximum atomic E-state index is 12.0. The molecular formula is C25H28N6O2. The Morgan fingerprint density at radius 3 is 2.42 bits per heavy atom. The SMILES string of the molecule is Cc1ccc(Nc2nc(NC(CC(C)C)C(N)=O)nc(OCc3ccccc3)c2C#N)cc1. The molecule has 0 aliphatic rings. The van der Waals surface area contributed by atoms with Crippen molar-refractivity contribution < 1.29 is 9.53 Å². The van der Waals surface area contributed by atoms with E-state index in [1.54, 1.807) is 0 Å². The number of aromatic nitrogens is 2. The van der Waals surface area contributed by atoms with Crippen LogP contribution in [-0.2, 0) is 11.4 Å². The number of anilines is 3. The third-order valence-electron chi connectivity index (χ3n) is 4.87. The Morgan fingerprint density at radius 2 is 1.82 bits per heavy atom. The number of ether oxygens (including phenoxy) is 1. The average Bonchev–Trinajstić information content (AvgIpc) is 2.79. The van der Waals surface area contributed by atoms with Gasteiger partial charge in [0.1, 0.15) is 18.7 Å². The number of amides is 1. The largest absolute Gasteiger partial charge is 0.472 e. The van der Waals surface area contributed by atoms with Crippen molar-refractivity contribution in [2.24, 2.45) is 11.7 Å². The van der Waals surface area contributed by atoms with E-state index in [1.807, 2.05) is 75.4 Å². The van der Waals surface area contributed by atoms with Crippen LogP contribution in [0.4, 0.5) is 17.5 Å². The summed E-state index contributed by atoms with van der Waals surface area (Å²) < 4.78 is 5.91. The normalized spacial score (nSPS) is 11.5. The fourth-order valence-electron chi connectivity index (χ4n) is 3.17. The fraction of sp³-hybridized carbons (Fsp3) is 0.280. The first-order valence-electron chi connectivity index (χ1n) is 10.7. The Balaban J connectivity index is 1.97. The lowest BCUT2D eigenvalue weighted by Gasteiger charge is -2.19. The Bertz CT molecular complexity index is 1120. The summed E-state index contributed by atoms with van der Waals surface area (Å²) in [5.74, 6) is 0.260. The highest BCUT2D eigenvalue weighted by Gasteiger charge is 2.22. The molecule has 1 amide bonds. The van der Waals surface area contributed by atoms with Crippen molar-refractivity contribution in [3.8, 4) is 11.9 Å². The van der Waals surface area contributed by atoms with Gasteiger partial charge in [-0.15, -0.1) is 0 Å². The fourth-order valence-corrected chi connectivity index (χ4v) is 3.17. The van der Waals surface area contributed by atoms with Gasteiger partial charge in [0.25, 0.3) is 0 Å². The third kappa shape index (κ3) is 6.68. The highest BCUT2D eigenvalue weighted by Crippen LogP contribution is 2.28. The van der Waals surface area contributed by atoms with Gasteiger partial charge in [-0.25, -0.2) is 0 Å². The Labute approximate surface area is 193 Å². The second kappa shape index (κ2) is 11.0. The molecule has 0 aliphatic heterocycles. The van der Waals surface area contributed by atoms with Crippen LogP contribution in [0.3, 0.4) is 0 Å². The highest BCUT2D eigenvalue weighted by atomic mass is 16.5. The summed E-state index contributed by atoms with van der Waals surface area (Å²) in [6.45, 7) is 6.21. The maximum absolute atomic E-state index is 12.0. The van der Waals surface area contributed by atoms with Gasteiger partial charge in [0.05, 0.1) is 0 Å². The van der Waals surface area contributed by atoms with Crippen LogP contribution in [0.1, 0.15) is 37.0 Å². The summed E-state index contributed by atoms with van der Waals surface area (Å²) in [4.78, 5) is 20.8. The standard InChI is InChI=1S/C25H28N6O2/c1-16(2)13-21(22(27)32)29-25-30-23(28-19-11-9-17(3)10-12-19)20(14-26)24(31-25)33-15-18-7-5-4-6-8-18/h4-12,16,21H,13,15H2,1-3H3,(H2,27,32)(H2,28,29,30,31). The number of carbonyl (C=O) groups is 1. The van der Waals surface area contributed by atoms with Crippen molar-refractivity contribution in [1.29, 1.82) is 5.26 Å². The predicted octanol–water partition coefficient (Wildman–Crippen LogP) is 4.29. The summed E-state index contributed by atoms with van der Waals surface area (Å²) in [5, 5.41) is 16.0. The Hall–Kier alpha value is -4.12. The van der Waals surface area contributed by atoms with E-state index in [0.29, 0.717) is 6.42 Å². The molecule has 33 heavy (non-hydrogen) atoms. The Morgan fingerprint density at radius 1 is 1.12 bits per heavy atom. The zero-order chi connectivity index (χ0) is 23.8. The number of hydrogen-bond donors (Lipinski definition) is 3. The lowest BCUT2D eigenvalue weighted by atomic mass is 10.0. The minimum atomic E-state index is -0.660. The lowest BCUT2D eigenvalue weighted by Crippen LogP contribution is -2.37. The van der Waals surface area contributed by atoms with E-state index in [2.05, 4.69) is 26.7 Å². The van der Waals surface area contributed by atoms with Gasteiger partial charge < -0.3 is 21.1 Å². The number of carbonyl (C=O) groups excluding carboxylic acids is 1. The summed E-state index contributed by atoms with van der Waals surface area (Å²) in [6.07, 6.45) is 0.514. The number of nitrogens with two attached hydrogens (primary N) is 1. The van der Waals surface area contributed by atoms with Crippen LogP contribution in [0.25, 0.3) is 0 Å². The molecule has 8 nitrogen and oxygen atoms in total. The van der Waals surface area contributed by atoms with Crippen LogP contribution in [-0.4, -0.2) is 21.9 Å². The number of nitrogens with zero attached hydrogens (tertiary/aromatic N) is 3. The molecule has 1 atom stereocenters. The van der Waals surface area contributed by atoms with Gasteiger partial charge >= 0.3 is 0 Å². The molecule has 170 valence electrons. The number of benzene rings is 2. The number of primary amides is 1. The minimum Gasteiger partial charge on any atom is -0.472 e. The van der Waals surface area contributed by atoms with E-state index in [-0.39, 0.29) is 35.7 Å². The van der Waals surface area contributed by atoms with E-state index in [0.717, 1.165) is 16.8 Å². The lowest BCUT2D eigenvalue weighted by molar-refractivity contribution is -0.119. The summed E-state index contributed by atoms with van der Waals surface area (Å²) in [6, 6.07) is 18.7.